The Morgan fingerprint density at radius 2 is 1.77 bits per heavy atom. The van der Waals surface area contributed by atoms with Crippen LogP contribution in [0.2, 0.25) is 0 Å². The van der Waals surface area contributed by atoms with Crippen molar-refractivity contribution in [1.29, 1.82) is 0 Å². The molecule has 2 aromatic heterocycles. The van der Waals surface area contributed by atoms with E-state index in [4.69, 9.17) is 9.72 Å². The van der Waals surface area contributed by atoms with E-state index in [0.717, 1.165) is 41.2 Å². The highest BCUT2D eigenvalue weighted by Crippen LogP contribution is 2.37. The highest BCUT2D eigenvalue weighted by atomic mass is 16.5. The molecular formula is C27H37N7O. The van der Waals surface area contributed by atoms with Crippen molar-refractivity contribution >= 4 is 0 Å². The van der Waals surface area contributed by atoms with Gasteiger partial charge in [-0.1, -0.05) is 6.07 Å². The summed E-state index contributed by atoms with van der Waals surface area (Å²) in [6, 6.07) is 8.05. The minimum atomic E-state index is 0.228. The molecule has 1 unspecified atom stereocenters. The summed E-state index contributed by atoms with van der Waals surface area (Å²) in [5, 5.41) is 4.40. The van der Waals surface area contributed by atoms with Crippen molar-refractivity contribution < 1.29 is 4.74 Å². The lowest BCUT2D eigenvalue weighted by Crippen LogP contribution is -2.44. The fourth-order valence-corrected chi connectivity index (χ4v) is 6.04. The first-order valence-electron chi connectivity index (χ1n) is 13.3. The Morgan fingerprint density at radius 1 is 0.971 bits per heavy atom. The maximum atomic E-state index is 6.12. The average molecular weight is 476 g/mol. The van der Waals surface area contributed by atoms with Gasteiger partial charge in [0.15, 0.2) is 5.82 Å². The fraction of sp³-hybridized carbons (Fsp3) is 0.593. The molecule has 1 atom stereocenters. The molecule has 3 aromatic rings. The summed E-state index contributed by atoms with van der Waals surface area (Å²) in [5.41, 5.74) is 3.26. The Labute approximate surface area is 207 Å². The Balaban J connectivity index is 1.26. The zero-order valence-electron chi connectivity index (χ0n) is 21.2. The van der Waals surface area contributed by atoms with E-state index in [1.54, 1.807) is 6.33 Å². The summed E-state index contributed by atoms with van der Waals surface area (Å²) in [4.78, 5) is 14.9. The van der Waals surface area contributed by atoms with E-state index in [1.807, 2.05) is 4.68 Å². The van der Waals surface area contributed by atoms with Crippen LogP contribution in [0.3, 0.4) is 0 Å². The van der Waals surface area contributed by atoms with E-state index in [-0.39, 0.29) is 6.04 Å². The van der Waals surface area contributed by atoms with Crippen molar-refractivity contribution in [2.45, 2.75) is 71.1 Å². The van der Waals surface area contributed by atoms with Crippen molar-refractivity contribution in [3.63, 3.8) is 0 Å². The zero-order chi connectivity index (χ0) is 23.9. The van der Waals surface area contributed by atoms with Crippen molar-refractivity contribution in [2.75, 3.05) is 32.8 Å². The van der Waals surface area contributed by atoms with E-state index in [1.165, 1.54) is 57.4 Å². The number of aromatic nitrogens is 5. The van der Waals surface area contributed by atoms with Crippen LogP contribution in [0, 0.1) is 0 Å². The Hall–Kier alpha value is -2.71. The van der Waals surface area contributed by atoms with Crippen LogP contribution in [0.1, 0.15) is 64.1 Å². The van der Waals surface area contributed by atoms with Gasteiger partial charge < -0.3 is 14.2 Å². The highest BCUT2D eigenvalue weighted by Gasteiger charge is 2.29. The standard InChI is InChI=1S/C27H37N7O/c1-19(2)34-27(28-18-29-34)24-17-33-14-15-35-25-7-6-21(16-23(25)26(33)30-24)20(3)31-12-8-22(9-13-31)32-10-4-5-11-32/h6-7,16-20,22H,4-5,8-15H2,1-3H3. The number of hydrogen-bond acceptors (Lipinski definition) is 6. The number of rotatable bonds is 5. The summed E-state index contributed by atoms with van der Waals surface area (Å²) in [7, 11) is 0. The molecule has 0 bridgehead atoms. The fourth-order valence-electron chi connectivity index (χ4n) is 6.04. The molecule has 8 nitrogen and oxygen atoms in total. The van der Waals surface area contributed by atoms with Crippen molar-refractivity contribution in [2.24, 2.45) is 0 Å². The summed E-state index contributed by atoms with van der Waals surface area (Å²) in [6.07, 6.45) is 9.02. The molecule has 2 saturated heterocycles. The predicted molar refractivity (Wildman–Crippen MR) is 136 cm³/mol. The third-order valence-electron chi connectivity index (χ3n) is 8.09. The lowest BCUT2D eigenvalue weighted by Gasteiger charge is -2.39. The molecule has 35 heavy (non-hydrogen) atoms. The van der Waals surface area contributed by atoms with Crippen LogP contribution < -0.4 is 4.74 Å². The molecule has 3 aliphatic heterocycles. The second-order valence-electron chi connectivity index (χ2n) is 10.6. The molecule has 0 N–H and O–H groups in total. The predicted octanol–water partition coefficient (Wildman–Crippen LogP) is 4.40. The van der Waals surface area contributed by atoms with Gasteiger partial charge in [-0.15, -0.1) is 0 Å². The molecule has 3 aliphatic rings. The van der Waals surface area contributed by atoms with Gasteiger partial charge >= 0.3 is 0 Å². The van der Waals surface area contributed by atoms with Crippen molar-refractivity contribution in [3.8, 4) is 28.7 Å². The minimum absolute atomic E-state index is 0.228. The number of benzene rings is 1. The van der Waals surface area contributed by atoms with Gasteiger partial charge in [-0.25, -0.2) is 14.6 Å². The number of hydrogen-bond donors (Lipinski definition) is 0. The summed E-state index contributed by atoms with van der Waals surface area (Å²) >= 11 is 0. The molecule has 0 radical (unpaired) electrons. The topological polar surface area (TPSA) is 64.2 Å². The molecule has 186 valence electrons. The Kier molecular flexibility index (Phi) is 6.10. The first-order valence-corrected chi connectivity index (χ1v) is 13.3. The number of ether oxygens (including phenoxy) is 1. The second kappa shape index (κ2) is 9.39. The maximum absolute atomic E-state index is 6.12. The SMILES string of the molecule is CC(c1ccc2c(c1)-c1nc(-c3ncnn3C(C)C)cn1CCO2)N1CCC(N2CCCC2)CC1. The van der Waals surface area contributed by atoms with Gasteiger partial charge in [0.1, 0.15) is 30.2 Å². The third-order valence-corrected chi connectivity index (χ3v) is 8.09. The summed E-state index contributed by atoms with van der Waals surface area (Å²) < 4.78 is 10.3. The lowest BCUT2D eigenvalue weighted by molar-refractivity contribution is 0.102. The summed E-state index contributed by atoms with van der Waals surface area (Å²) in [6.45, 7) is 12.9. The lowest BCUT2D eigenvalue weighted by atomic mass is 9.98. The average Bonchev–Trinajstić information content (AvgIpc) is 3.63. The number of piperidine rings is 1. The Morgan fingerprint density at radius 3 is 2.54 bits per heavy atom. The maximum Gasteiger partial charge on any atom is 0.178 e. The van der Waals surface area contributed by atoms with Crippen LogP contribution in [-0.2, 0) is 6.54 Å². The van der Waals surface area contributed by atoms with Crippen molar-refractivity contribution in [1.82, 2.24) is 34.1 Å². The van der Waals surface area contributed by atoms with E-state index in [2.05, 4.69) is 69.6 Å². The highest BCUT2D eigenvalue weighted by molar-refractivity contribution is 5.69. The van der Waals surface area contributed by atoms with Gasteiger partial charge in [-0.2, -0.15) is 5.10 Å². The summed E-state index contributed by atoms with van der Waals surface area (Å²) in [5.74, 6) is 2.68. The number of imidazole rings is 1. The molecule has 0 saturated carbocycles. The smallest absolute Gasteiger partial charge is 0.178 e. The quantitative estimate of drug-likeness (QED) is 0.545. The van der Waals surface area contributed by atoms with E-state index in [9.17, 15) is 0 Å². The third kappa shape index (κ3) is 4.27. The monoisotopic (exact) mass is 475 g/mol. The minimum Gasteiger partial charge on any atom is -0.491 e. The number of nitrogens with zero attached hydrogens (tertiary/aromatic N) is 7. The Bertz CT molecular complexity index is 1170. The molecular weight excluding hydrogens is 438 g/mol. The second-order valence-corrected chi connectivity index (χ2v) is 10.6. The zero-order valence-corrected chi connectivity index (χ0v) is 21.2. The number of likely N-dealkylation sites (tertiary alicyclic amines) is 2. The van der Waals surface area contributed by atoms with Gasteiger partial charge in [0.2, 0.25) is 0 Å². The van der Waals surface area contributed by atoms with Crippen molar-refractivity contribution in [3.05, 3.63) is 36.3 Å². The van der Waals surface area contributed by atoms with Gasteiger partial charge in [0, 0.05) is 37.4 Å². The molecule has 5 heterocycles. The van der Waals surface area contributed by atoms with E-state index >= 15 is 0 Å². The molecule has 1 aromatic carbocycles. The normalized spacial score (nSPS) is 20.5. The first kappa shape index (κ1) is 22.7. The van der Waals surface area contributed by atoms with Crippen LogP contribution >= 0.6 is 0 Å². The first-order chi connectivity index (χ1) is 17.1. The van der Waals surface area contributed by atoms with Crippen LogP contribution in [0.5, 0.6) is 5.75 Å². The molecule has 0 amide bonds. The van der Waals surface area contributed by atoms with Gasteiger partial charge in [0.05, 0.1) is 12.1 Å². The molecule has 6 rings (SSSR count). The van der Waals surface area contributed by atoms with E-state index < -0.39 is 0 Å². The van der Waals surface area contributed by atoms with Crippen LogP contribution in [0.4, 0.5) is 0 Å². The molecule has 0 spiro atoms. The largest absolute Gasteiger partial charge is 0.491 e. The van der Waals surface area contributed by atoms with Crippen LogP contribution in [0.25, 0.3) is 22.9 Å². The van der Waals surface area contributed by atoms with Crippen LogP contribution in [0.15, 0.2) is 30.7 Å². The van der Waals surface area contributed by atoms with Crippen LogP contribution in [-0.4, -0.2) is 72.9 Å². The number of fused-ring (bicyclic) bond motifs is 3. The molecule has 2 fully saturated rings. The molecule has 0 aliphatic carbocycles. The molecule has 8 heteroatoms. The van der Waals surface area contributed by atoms with Gasteiger partial charge in [-0.05, 0) is 77.2 Å². The van der Waals surface area contributed by atoms with E-state index in [0.29, 0.717) is 12.6 Å². The van der Waals surface area contributed by atoms with Gasteiger partial charge in [-0.3, -0.25) is 4.90 Å². The van der Waals surface area contributed by atoms with Gasteiger partial charge in [0.25, 0.3) is 0 Å².